The number of carbonyl (C=O) groups is 1. The normalized spacial score (nSPS) is 10.4. The molecule has 3 N–H and O–H groups in total. The third-order valence-corrected chi connectivity index (χ3v) is 4.17. The number of anilines is 2. The Morgan fingerprint density at radius 1 is 1.21 bits per heavy atom. The first-order valence-electron chi connectivity index (χ1n) is 7.10. The molecule has 3 rings (SSSR count). The molecular weight excluding hydrogens is 346 g/mol. The van der Waals surface area contributed by atoms with Crippen molar-refractivity contribution in [2.24, 2.45) is 0 Å². The van der Waals surface area contributed by atoms with Crippen molar-refractivity contribution in [3.05, 3.63) is 58.9 Å². The number of thiazole rings is 1. The van der Waals surface area contributed by atoms with E-state index in [1.54, 1.807) is 36.4 Å². The first-order valence-corrected chi connectivity index (χ1v) is 8.36. The van der Waals surface area contributed by atoms with Crippen LogP contribution in [0.4, 0.5) is 10.8 Å². The van der Waals surface area contributed by atoms with Crippen LogP contribution >= 0.6 is 22.9 Å². The van der Waals surface area contributed by atoms with Gasteiger partial charge < -0.3 is 15.8 Å². The second kappa shape index (κ2) is 7.33. The lowest BCUT2D eigenvalue weighted by Crippen LogP contribution is -2.20. The number of ether oxygens (including phenoxy) is 1. The first-order chi connectivity index (χ1) is 11.6. The number of hydrogen-bond acceptors (Lipinski definition) is 5. The SMILES string of the molecule is Nc1nc(-c2ccc(NC(=O)COc3ccccc3Cl)cc2)cs1. The molecule has 0 spiro atoms. The molecule has 0 atom stereocenters. The second-order valence-corrected chi connectivity index (χ2v) is 6.21. The van der Waals surface area contributed by atoms with E-state index < -0.39 is 0 Å². The van der Waals surface area contributed by atoms with Crippen LogP contribution in [-0.4, -0.2) is 17.5 Å². The predicted molar refractivity (Wildman–Crippen MR) is 97.5 cm³/mol. The number of nitrogens with two attached hydrogens (primary N) is 1. The molecule has 0 bridgehead atoms. The van der Waals surface area contributed by atoms with Gasteiger partial charge in [-0.05, 0) is 24.3 Å². The molecule has 7 heteroatoms. The summed E-state index contributed by atoms with van der Waals surface area (Å²) in [5.41, 5.74) is 8.06. The summed E-state index contributed by atoms with van der Waals surface area (Å²) in [6, 6.07) is 14.4. The van der Waals surface area contributed by atoms with E-state index in [1.807, 2.05) is 17.5 Å². The summed E-state index contributed by atoms with van der Waals surface area (Å²) in [6.07, 6.45) is 0. The van der Waals surface area contributed by atoms with Crippen molar-refractivity contribution in [1.29, 1.82) is 0 Å². The minimum absolute atomic E-state index is 0.117. The lowest BCUT2D eigenvalue weighted by Gasteiger charge is -2.09. The van der Waals surface area contributed by atoms with Gasteiger partial charge in [-0.15, -0.1) is 11.3 Å². The van der Waals surface area contributed by atoms with Gasteiger partial charge in [0.15, 0.2) is 11.7 Å². The van der Waals surface area contributed by atoms with Gasteiger partial charge in [-0.25, -0.2) is 4.98 Å². The summed E-state index contributed by atoms with van der Waals surface area (Å²) in [6.45, 7) is -0.117. The van der Waals surface area contributed by atoms with E-state index >= 15 is 0 Å². The predicted octanol–water partition coefficient (Wildman–Crippen LogP) is 4.06. The largest absolute Gasteiger partial charge is 0.482 e. The minimum Gasteiger partial charge on any atom is -0.482 e. The molecule has 0 radical (unpaired) electrons. The van der Waals surface area contributed by atoms with Gasteiger partial charge in [0, 0.05) is 16.6 Å². The highest BCUT2D eigenvalue weighted by Gasteiger charge is 2.07. The number of rotatable bonds is 5. The molecule has 0 unspecified atom stereocenters. The van der Waals surface area contributed by atoms with Crippen molar-refractivity contribution in [3.63, 3.8) is 0 Å². The summed E-state index contributed by atoms with van der Waals surface area (Å²) >= 11 is 7.36. The number of carbonyl (C=O) groups excluding carboxylic acids is 1. The van der Waals surface area contributed by atoms with Gasteiger partial charge in [-0.3, -0.25) is 4.79 Å². The highest BCUT2D eigenvalue weighted by molar-refractivity contribution is 7.13. The Hall–Kier alpha value is -2.57. The maximum absolute atomic E-state index is 11.9. The fourth-order valence-electron chi connectivity index (χ4n) is 2.05. The Morgan fingerprint density at radius 3 is 2.62 bits per heavy atom. The van der Waals surface area contributed by atoms with Crippen LogP contribution in [-0.2, 0) is 4.79 Å². The Balaban J connectivity index is 1.57. The van der Waals surface area contributed by atoms with Crippen molar-refractivity contribution in [1.82, 2.24) is 4.98 Å². The zero-order chi connectivity index (χ0) is 16.9. The van der Waals surface area contributed by atoms with Crippen LogP contribution < -0.4 is 15.8 Å². The zero-order valence-electron chi connectivity index (χ0n) is 12.5. The van der Waals surface area contributed by atoms with E-state index in [0.29, 0.717) is 21.6 Å². The van der Waals surface area contributed by atoms with Crippen LogP contribution in [0, 0.1) is 0 Å². The van der Waals surface area contributed by atoms with Gasteiger partial charge in [0.25, 0.3) is 5.91 Å². The van der Waals surface area contributed by atoms with Gasteiger partial charge in [0.05, 0.1) is 10.7 Å². The zero-order valence-corrected chi connectivity index (χ0v) is 14.1. The number of aromatic nitrogens is 1. The van der Waals surface area contributed by atoms with Gasteiger partial charge in [0.2, 0.25) is 0 Å². The number of nitrogens with zero attached hydrogens (tertiary/aromatic N) is 1. The lowest BCUT2D eigenvalue weighted by molar-refractivity contribution is -0.118. The van der Waals surface area contributed by atoms with E-state index in [1.165, 1.54) is 11.3 Å². The van der Waals surface area contributed by atoms with Gasteiger partial charge in [-0.2, -0.15) is 0 Å². The van der Waals surface area contributed by atoms with E-state index in [0.717, 1.165) is 11.3 Å². The number of para-hydroxylation sites is 1. The summed E-state index contributed by atoms with van der Waals surface area (Å²) < 4.78 is 5.40. The molecule has 3 aromatic rings. The van der Waals surface area contributed by atoms with Crippen LogP contribution in [0.2, 0.25) is 5.02 Å². The molecule has 0 fully saturated rings. The third-order valence-electron chi connectivity index (χ3n) is 3.18. The Morgan fingerprint density at radius 2 is 1.96 bits per heavy atom. The highest BCUT2D eigenvalue weighted by Crippen LogP contribution is 2.25. The minimum atomic E-state index is -0.263. The van der Waals surface area contributed by atoms with Crippen LogP contribution in [0.15, 0.2) is 53.9 Å². The monoisotopic (exact) mass is 359 g/mol. The number of nitrogens with one attached hydrogen (secondary N) is 1. The maximum atomic E-state index is 11.9. The summed E-state index contributed by atoms with van der Waals surface area (Å²) in [5.74, 6) is 0.214. The molecule has 1 aromatic heterocycles. The topological polar surface area (TPSA) is 77.2 Å². The van der Waals surface area contributed by atoms with Crippen LogP contribution in [0.1, 0.15) is 0 Å². The molecule has 5 nitrogen and oxygen atoms in total. The second-order valence-electron chi connectivity index (χ2n) is 4.92. The Bertz CT molecular complexity index is 849. The van der Waals surface area contributed by atoms with Gasteiger partial charge in [-0.1, -0.05) is 35.9 Å². The average Bonchev–Trinajstić information content (AvgIpc) is 3.01. The summed E-state index contributed by atoms with van der Waals surface area (Å²) in [4.78, 5) is 16.2. The van der Waals surface area contributed by atoms with Gasteiger partial charge >= 0.3 is 0 Å². The number of hydrogen-bond donors (Lipinski definition) is 2. The number of amides is 1. The molecule has 24 heavy (non-hydrogen) atoms. The quantitative estimate of drug-likeness (QED) is 0.720. The first kappa shape index (κ1) is 16.3. The smallest absolute Gasteiger partial charge is 0.262 e. The third kappa shape index (κ3) is 4.04. The van der Waals surface area contributed by atoms with E-state index in [4.69, 9.17) is 22.1 Å². The summed E-state index contributed by atoms with van der Waals surface area (Å²) in [7, 11) is 0. The number of benzene rings is 2. The Kier molecular flexibility index (Phi) is 4.98. The fraction of sp³-hybridized carbons (Fsp3) is 0.0588. The van der Waals surface area contributed by atoms with Crippen LogP contribution in [0.25, 0.3) is 11.3 Å². The van der Waals surface area contributed by atoms with Crippen molar-refractivity contribution in [2.75, 3.05) is 17.7 Å². The molecule has 0 saturated carbocycles. The van der Waals surface area contributed by atoms with Crippen molar-refractivity contribution >= 4 is 39.7 Å². The van der Waals surface area contributed by atoms with Crippen molar-refractivity contribution in [2.45, 2.75) is 0 Å². The van der Waals surface area contributed by atoms with E-state index in [2.05, 4.69) is 10.3 Å². The molecule has 0 saturated heterocycles. The van der Waals surface area contributed by atoms with Gasteiger partial charge in [0.1, 0.15) is 5.75 Å². The molecule has 122 valence electrons. The van der Waals surface area contributed by atoms with E-state index in [-0.39, 0.29) is 12.5 Å². The molecule has 0 aliphatic heterocycles. The molecule has 0 aliphatic carbocycles. The van der Waals surface area contributed by atoms with Crippen molar-refractivity contribution < 1.29 is 9.53 Å². The number of nitrogen functional groups attached to an aromatic ring is 1. The maximum Gasteiger partial charge on any atom is 0.262 e. The standard InChI is InChI=1S/C17H14ClN3O2S/c18-13-3-1-2-4-15(13)23-9-16(22)20-12-7-5-11(6-8-12)14-10-24-17(19)21-14/h1-8,10H,9H2,(H2,19,21)(H,20,22). The molecular formula is C17H14ClN3O2S. The summed E-state index contributed by atoms with van der Waals surface area (Å²) in [5, 5.41) is 5.65. The molecule has 1 amide bonds. The van der Waals surface area contributed by atoms with Crippen molar-refractivity contribution in [3.8, 4) is 17.0 Å². The molecule has 2 aromatic carbocycles. The average molecular weight is 360 g/mol. The van der Waals surface area contributed by atoms with E-state index in [9.17, 15) is 4.79 Å². The van der Waals surface area contributed by atoms with Crippen LogP contribution in [0.5, 0.6) is 5.75 Å². The highest BCUT2D eigenvalue weighted by atomic mass is 35.5. The fourth-order valence-corrected chi connectivity index (χ4v) is 2.81. The van der Waals surface area contributed by atoms with Crippen LogP contribution in [0.3, 0.4) is 0 Å². The Labute approximate surface area is 148 Å². The molecule has 1 heterocycles. The lowest BCUT2D eigenvalue weighted by atomic mass is 10.1. The number of halogens is 1. The molecule has 0 aliphatic rings.